The molecule has 1 saturated heterocycles. The van der Waals surface area contributed by atoms with Gasteiger partial charge in [-0.1, -0.05) is 42.0 Å². The lowest BCUT2D eigenvalue weighted by atomic mass is 10.0. The fourth-order valence-corrected chi connectivity index (χ4v) is 3.93. The predicted molar refractivity (Wildman–Crippen MR) is 104 cm³/mol. The SMILES string of the molecule is Cc1cc(C)c(N2CCN(C(=O)Cc3ccccc3C)CC2)c(C)c1. The molecule has 0 atom stereocenters. The van der Waals surface area contributed by atoms with Gasteiger partial charge in [-0.05, 0) is 49.9 Å². The van der Waals surface area contributed by atoms with Crippen molar-refractivity contribution in [3.63, 3.8) is 0 Å². The Labute approximate surface area is 151 Å². The lowest BCUT2D eigenvalue weighted by molar-refractivity contribution is -0.130. The molecule has 1 heterocycles. The fourth-order valence-electron chi connectivity index (χ4n) is 3.93. The van der Waals surface area contributed by atoms with Crippen LogP contribution < -0.4 is 4.90 Å². The van der Waals surface area contributed by atoms with E-state index in [-0.39, 0.29) is 5.91 Å². The lowest BCUT2D eigenvalue weighted by Gasteiger charge is -2.37. The summed E-state index contributed by atoms with van der Waals surface area (Å²) < 4.78 is 0. The molecule has 132 valence electrons. The third-order valence-electron chi connectivity index (χ3n) is 5.19. The van der Waals surface area contributed by atoms with Gasteiger partial charge in [0.1, 0.15) is 0 Å². The van der Waals surface area contributed by atoms with Gasteiger partial charge >= 0.3 is 0 Å². The Hall–Kier alpha value is -2.29. The van der Waals surface area contributed by atoms with E-state index in [0.717, 1.165) is 31.7 Å². The van der Waals surface area contributed by atoms with Gasteiger partial charge in [-0.25, -0.2) is 0 Å². The van der Waals surface area contributed by atoms with E-state index in [1.54, 1.807) is 0 Å². The third kappa shape index (κ3) is 3.87. The number of benzene rings is 2. The monoisotopic (exact) mass is 336 g/mol. The van der Waals surface area contributed by atoms with Crippen LogP contribution in [0.4, 0.5) is 5.69 Å². The van der Waals surface area contributed by atoms with Crippen LogP contribution in [0, 0.1) is 27.7 Å². The summed E-state index contributed by atoms with van der Waals surface area (Å²) in [6.45, 7) is 12.0. The van der Waals surface area contributed by atoms with Gasteiger partial charge in [-0.2, -0.15) is 0 Å². The summed E-state index contributed by atoms with van der Waals surface area (Å²) in [4.78, 5) is 17.1. The second-order valence-corrected chi connectivity index (χ2v) is 7.22. The molecular weight excluding hydrogens is 308 g/mol. The summed E-state index contributed by atoms with van der Waals surface area (Å²) in [6, 6.07) is 12.7. The fraction of sp³-hybridized carbons (Fsp3) is 0.409. The van der Waals surface area contributed by atoms with Gasteiger partial charge in [-0.15, -0.1) is 0 Å². The second-order valence-electron chi connectivity index (χ2n) is 7.22. The summed E-state index contributed by atoms with van der Waals surface area (Å²) in [7, 11) is 0. The number of nitrogens with zero attached hydrogens (tertiary/aromatic N) is 2. The molecule has 1 aliphatic heterocycles. The first-order valence-electron chi connectivity index (χ1n) is 9.11. The quantitative estimate of drug-likeness (QED) is 0.851. The number of amides is 1. The minimum atomic E-state index is 0.242. The van der Waals surface area contributed by atoms with E-state index in [1.165, 1.54) is 27.9 Å². The molecule has 0 aliphatic carbocycles. The largest absolute Gasteiger partial charge is 0.368 e. The number of anilines is 1. The molecule has 1 fully saturated rings. The smallest absolute Gasteiger partial charge is 0.227 e. The number of piperazine rings is 1. The Bertz CT molecular complexity index is 750. The highest BCUT2D eigenvalue weighted by atomic mass is 16.2. The number of hydrogen-bond acceptors (Lipinski definition) is 2. The van der Waals surface area contributed by atoms with Gasteiger partial charge in [0.25, 0.3) is 0 Å². The van der Waals surface area contributed by atoms with Crippen LogP contribution in [0.15, 0.2) is 36.4 Å². The first-order valence-corrected chi connectivity index (χ1v) is 9.11. The minimum Gasteiger partial charge on any atom is -0.368 e. The van der Waals surface area contributed by atoms with Gasteiger partial charge < -0.3 is 9.80 Å². The van der Waals surface area contributed by atoms with Crippen molar-refractivity contribution in [3.05, 3.63) is 64.2 Å². The Morgan fingerprint density at radius 3 is 2.08 bits per heavy atom. The maximum absolute atomic E-state index is 12.6. The number of aryl methyl sites for hydroxylation is 4. The van der Waals surface area contributed by atoms with Gasteiger partial charge in [0, 0.05) is 31.9 Å². The number of carbonyl (C=O) groups excluding carboxylic acids is 1. The zero-order valence-electron chi connectivity index (χ0n) is 15.8. The molecule has 2 aromatic carbocycles. The van der Waals surface area contributed by atoms with Crippen molar-refractivity contribution >= 4 is 11.6 Å². The van der Waals surface area contributed by atoms with E-state index >= 15 is 0 Å². The van der Waals surface area contributed by atoms with Gasteiger partial charge in [0.05, 0.1) is 6.42 Å². The maximum Gasteiger partial charge on any atom is 0.227 e. The Morgan fingerprint density at radius 1 is 0.880 bits per heavy atom. The number of hydrogen-bond donors (Lipinski definition) is 0. The minimum absolute atomic E-state index is 0.242. The standard InChI is InChI=1S/C22H28N2O/c1-16-13-18(3)22(19(4)14-16)24-11-9-23(10-12-24)21(25)15-20-8-6-5-7-17(20)2/h5-8,13-14H,9-12,15H2,1-4H3. The molecule has 0 N–H and O–H groups in total. The molecule has 3 nitrogen and oxygen atoms in total. The van der Waals surface area contributed by atoms with Crippen molar-refractivity contribution in [2.75, 3.05) is 31.1 Å². The van der Waals surface area contributed by atoms with Crippen LogP contribution in [-0.2, 0) is 11.2 Å². The molecule has 0 radical (unpaired) electrons. The van der Waals surface area contributed by atoms with Crippen molar-refractivity contribution < 1.29 is 4.79 Å². The number of rotatable bonds is 3. The molecular formula is C22H28N2O. The molecule has 3 heteroatoms. The zero-order valence-corrected chi connectivity index (χ0v) is 15.8. The van der Waals surface area contributed by atoms with E-state index in [0.29, 0.717) is 6.42 Å². The molecule has 1 aliphatic rings. The predicted octanol–water partition coefficient (Wildman–Crippen LogP) is 3.81. The summed E-state index contributed by atoms with van der Waals surface area (Å²) >= 11 is 0. The molecule has 25 heavy (non-hydrogen) atoms. The van der Waals surface area contributed by atoms with Crippen molar-refractivity contribution in [2.24, 2.45) is 0 Å². The van der Waals surface area contributed by atoms with Crippen LogP contribution in [0.3, 0.4) is 0 Å². The molecule has 2 aromatic rings. The zero-order chi connectivity index (χ0) is 18.0. The molecule has 0 unspecified atom stereocenters. The van der Waals surface area contributed by atoms with Crippen LogP contribution in [-0.4, -0.2) is 37.0 Å². The van der Waals surface area contributed by atoms with Crippen molar-refractivity contribution in [1.29, 1.82) is 0 Å². The van der Waals surface area contributed by atoms with E-state index in [9.17, 15) is 4.79 Å². The lowest BCUT2D eigenvalue weighted by Crippen LogP contribution is -2.49. The highest BCUT2D eigenvalue weighted by Crippen LogP contribution is 2.27. The highest BCUT2D eigenvalue weighted by molar-refractivity contribution is 5.79. The van der Waals surface area contributed by atoms with Crippen molar-refractivity contribution in [1.82, 2.24) is 4.90 Å². The van der Waals surface area contributed by atoms with Crippen molar-refractivity contribution in [2.45, 2.75) is 34.1 Å². The third-order valence-corrected chi connectivity index (χ3v) is 5.19. The van der Waals surface area contributed by atoms with Crippen LogP contribution in [0.1, 0.15) is 27.8 Å². The Morgan fingerprint density at radius 2 is 1.48 bits per heavy atom. The van der Waals surface area contributed by atoms with Crippen LogP contribution in [0.25, 0.3) is 0 Å². The normalized spacial score (nSPS) is 14.7. The highest BCUT2D eigenvalue weighted by Gasteiger charge is 2.23. The maximum atomic E-state index is 12.6. The first kappa shape index (κ1) is 17.5. The first-order chi connectivity index (χ1) is 12.0. The van der Waals surface area contributed by atoms with E-state index in [2.05, 4.69) is 56.9 Å². The van der Waals surface area contributed by atoms with E-state index < -0.39 is 0 Å². The summed E-state index contributed by atoms with van der Waals surface area (Å²) in [5.41, 5.74) is 7.65. The van der Waals surface area contributed by atoms with Crippen molar-refractivity contribution in [3.8, 4) is 0 Å². The topological polar surface area (TPSA) is 23.6 Å². The molecule has 0 saturated carbocycles. The van der Waals surface area contributed by atoms with Crippen LogP contribution >= 0.6 is 0 Å². The summed E-state index contributed by atoms with van der Waals surface area (Å²) in [5.74, 6) is 0.242. The second kappa shape index (κ2) is 7.30. The average Bonchev–Trinajstić information content (AvgIpc) is 2.56. The Balaban J connectivity index is 1.64. The average molecular weight is 336 g/mol. The summed E-state index contributed by atoms with van der Waals surface area (Å²) in [6.07, 6.45) is 0.509. The molecule has 1 amide bonds. The molecule has 0 bridgehead atoms. The van der Waals surface area contributed by atoms with Gasteiger partial charge in [0.15, 0.2) is 0 Å². The molecule has 3 rings (SSSR count). The van der Waals surface area contributed by atoms with E-state index in [4.69, 9.17) is 0 Å². The summed E-state index contributed by atoms with van der Waals surface area (Å²) in [5, 5.41) is 0. The van der Waals surface area contributed by atoms with Crippen LogP contribution in [0.5, 0.6) is 0 Å². The van der Waals surface area contributed by atoms with Crippen LogP contribution in [0.2, 0.25) is 0 Å². The molecule has 0 spiro atoms. The van der Waals surface area contributed by atoms with E-state index in [1.807, 2.05) is 17.0 Å². The number of carbonyl (C=O) groups is 1. The van der Waals surface area contributed by atoms with Gasteiger partial charge in [0.2, 0.25) is 5.91 Å². The molecule has 0 aromatic heterocycles. The van der Waals surface area contributed by atoms with Gasteiger partial charge in [-0.3, -0.25) is 4.79 Å². The Kier molecular flexibility index (Phi) is 5.12.